The maximum atomic E-state index is 13.3. The Hall–Kier alpha value is -3.63. The predicted molar refractivity (Wildman–Crippen MR) is 120 cm³/mol. The van der Waals surface area contributed by atoms with Gasteiger partial charge in [0.2, 0.25) is 11.8 Å². The molecule has 2 N–H and O–H groups in total. The summed E-state index contributed by atoms with van der Waals surface area (Å²) in [7, 11) is 0. The third-order valence-corrected chi connectivity index (χ3v) is 5.85. The number of amides is 2. The molecule has 1 heterocycles. The van der Waals surface area contributed by atoms with Crippen LogP contribution in [-0.4, -0.2) is 36.4 Å². The minimum atomic E-state index is -4.69. The van der Waals surface area contributed by atoms with E-state index in [4.69, 9.17) is 5.73 Å². The van der Waals surface area contributed by atoms with Crippen LogP contribution in [0.5, 0.6) is 0 Å². The van der Waals surface area contributed by atoms with Crippen LogP contribution < -0.4 is 15.5 Å². The van der Waals surface area contributed by atoms with Crippen molar-refractivity contribution in [2.75, 3.05) is 29.4 Å². The molecular weight excluding hydrogens is 453 g/mol. The van der Waals surface area contributed by atoms with Crippen molar-refractivity contribution in [3.63, 3.8) is 0 Å². The molecule has 0 atom stereocenters. The van der Waals surface area contributed by atoms with Gasteiger partial charge in [-0.1, -0.05) is 12.1 Å². The number of hydrogen-bond acceptors (Lipinski definition) is 5. The standard InChI is InChI=1S/C23H25F3N4O4/c1-15-3-2-4-18(13-15)29(12-9-21(27)31)22(32)16-7-10-28(11-8-16)19-6-5-17(23(24,25)26)14-20(19)30(33)34/h2-6,13-14,16H,7-12H2,1H3,(H2,27,31). The Bertz CT molecular complexity index is 1080. The molecule has 2 amide bonds. The van der Waals surface area contributed by atoms with Gasteiger partial charge in [0.15, 0.2) is 0 Å². The third-order valence-electron chi connectivity index (χ3n) is 5.85. The fraction of sp³-hybridized carbons (Fsp3) is 0.391. The number of aryl methyl sites for hydroxylation is 1. The highest BCUT2D eigenvalue weighted by Gasteiger charge is 2.35. The fourth-order valence-electron chi connectivity index (χ4n) is 4.09. The summed E-state index contributed by atoms with van der Waals surface area (Å²) in [5.41, 5.74) is 5.25. The molecule has 0 aromatic heterocycles. The van der Waals surface area contributed by atoms with Crippen LogP contribution in [0.25, 0.3) is 0 Å². The second-order valence-electron chi connectivity index (χ2n) is 8.26. The van der Waals surface area contributed by atoms with E-state index in [1.807, 2.05) is 25.1 Å². The SMILES string of the molecule is Cc1cccc(N(CCC(N)=O)C(=O)C2CCN(c3ccc(C(F)(F)F)cc3[N+](=O)[O-])CC2)c1. The molecule has 1 saturated heterocycles. The molecule has 11 heteroatoms. The number of nitro benzene ring substituents is 1. The van der Waals surface area contributed by atoms with Gasteiger partial charge in [0.25, 0.3) is 5.69 Å². The number of nitrogens with two attached hydrogens (primary N) is 1. The normalized spacial score (nSPS) is 14.6. The van der Waals surface area contributed by atoms with Gasteiger partial charge < -0.3 is 15.5 Å². The van der Waals surface area contributed by atoms with Crippen molar-refractivity contribution in [3.05, 3.63) is 63.7 Å². The lowest BCUT2D eigenvalue weighted by molar-refractivity contribution is -0.384. The topological polar surface area (TPSA) is 110 Å². The smallest absolute Gasteiger partial charge is 0.370 e. The van der Waals surface area contributed by atoms with E-state index >= 15 is 0 Å². The van der Waals surface area contributed by atoms with Crippen molar-refractivity contribution in [1.29, 1.82) is 0 Å². The maximum absolute atomic E-state index is 13.3. The Morgan fingerprint density at radius 2 is 1.85 bits per heavy atom. The average Bonchev–Trinajstić information content (AvgIpc) is 2.78. The van der Waals surface area contributed by atoms with Gasteiger partial charge in [-0.25, -0.2) is 0 Å². The van der Waals surface area contributed by atoms with E-state index in [2.05, 4.69) is 0 Å². The van der Waals surface area contributed by atoms with Crippen LogP contribution >= 0.6 is 0 Å². The number of nitrogens with zero attached hydrogens (tertiary/aromatic N) is 3. The van der Waals surface area contributed by atoms with Crippen LogP contribution in [0.3, 0.4) is 0 Å². The summed E-state index contributed by atoms with van der Waals surface area (Å²) in [6.45, 7) is 2.54. The molecule has 1 fully saturated rings. The second-order valence-corrected chi connectivity index (χ2v) is 8.26. The lowest BCUT2D eigenvalue weighted by Gasteiger charge is -2.35. The molecule has 0 bridgehead atoms. The highest BCUT2D eigenvalue weighted by molar-refractivity contribution is 5.96. The number of halogens is 3. The molecule has 1 aliphatic rings. The highest BCUT2D eigenvalue weighted by atomic mass is 19.4. The van der Waals surface area contributed by atoms with Gasteiger partial charge in [-0.15, -0.1) is 0 Å². The van der Waals surface area contributed by atoms with E-state index in [9.17, 15) is 32.9 Å². The number of piperidine rings is 1. The first kappa shape index (κ1) is 25.0. The van der Waals surface area contributed by atoms with E-state index in [1.165, 1.54) is 4.90 Å². The summed E-state index contributed by atoms with van der Waals surface area (Å²) in [5, 5.41) is 11.4. The van der Waals surface area contributed by atoms with Crippen LogP contribution in [0, 0.1) is 23.0 Å². The van der Waals surface area contributed by atoms with Crippen LogP contribution in [0.1, 0.15) is 30.4 Å². The molecule has 3 rings (SSSR count). The number of carbonyl (C=O) groups is 2. The Balaban J connectivity index is 1.77. The number of hydrogen-bond donors (Lipinski definition) is 1. The van der Waals surface area contributed by atoms with Crippen molar-refractivity contribution in [2.45, 2.75) is 32.4 Å². The molecule has 0 radical (unpaired) electrons. The third kappa shape index (κ3) is 5.83. The molecule has 0 saturated carbocycles. The largest absolute Gasteiger partial charge is 0.416 e. The summed E-state index contributed by atoms with van der Waals surface area (Å²) in [6, 6.07) is 9.76. The fourth-order valence-corrected chi connectivity index (χ4v) is 4.09. The van der Waals surface area contributed by atoms with Gasteiger partial charge in [-0.3, -0.25) is 19.7 Å². The van der Waals surface area contributed by atoms with Crippen molar-refractivity contribution in [3.8, 4) is 0 Å². The zero-order chi connectivity index (χ0) is 25.0. The van der Waals surface area contributed by atoms with Crippen LogP contribution in [0.4, 0.5) is 30.2 Å². The number of anilines is 2. The molecule has 0 aliphatic carbocycles. The molecular formula is C23H25F3N4O4. The van der Waals surface area contributed by atoms with Crippen molar-refractivity contribution in [1.82, 2.24) is 0 Å². The maximum Gasteiger partial charge on any atom is 0.416 e. The van der Waals surface area contributed by atoms with Gasteiger partial charge in [0, 0.05) is 43.7 Å². The lowest BCUT2D eigenvalue weighted by Crippen LogP contribution is -2.44. The van der Waals surface area contributed by atoms with E-state index in [0.29, 0.717) is 24.6 Å². The van der Waals surface area contributed by atoms with E-state index < -0.39 is 34.2 Å². The number of primary amides is 1. The summed E-state index contributed by atoms with van der Waals surface area (Å²) >= 11 is 0. The molecule has 0 unspecified atom stereocenters. The van der Waals surface area contributed by atoms with Crippen LogP contribution in [-0.2, 0) is 15.8 Å². The Morgan fingerprint density at radius 1 is 1.18 bits per heavy atom. The zero-order valence-electron chi connectivity index (χ0n) is 18.5. The van der Waals surface area contributed by atoms with E-state index in [0.717, 1.165) is 17.7 Å². The van der Waals surface area contributed by atoms with Crippen molar-refractivity contribution >= 4 is 28.9 Å². The first-order chi connectivity index (χ1) is 16.0. The van der Waals surface area contributed by atoms with Gasteiger partial charge in [0.1, 0.15) is 5.69 Å². The van der Waals surface area contributed by atoms with E-state index in [1.54, 1.807) is 11.0 Å². The molecule has 34 heavy (non-hydrogen) atoms. The number of rotatable bonds is 7. The Labute approximate surface area is 194 Å². The summed E-state index contributed by atoms with van der Waals surface area (Å²) in [6.07, 6.45) is -3.98. The van der Waals surface area contributed by atoms with Crippen molar-refractivity contribution < 1.29 is 27.7 Å². The molecule has 2 aromatic carbocycles. The van der Waals surface area contributed by atoms with Gasteiger partial charge in [0.05, 0.1) is 10.5 Å². The summed E-state index contributed by atoms with van der Waals surface area (Å²) in [5.74, 6) is -1.12. The van der Waals surface area contributed by atoms with Gasteiger partial charge in [-0.2, -0.15) is 13.2 Å². The molecule has 8 nitrogen and oxygen atoms in total. The molecule has 1 aliphatic heterocycles. The first-order valence-corrected chi connectivity index (χ1v) is 10.7. The number of nitro groups is 1. The monoisotopic (exact) mass is 478 g/mol. The average molecular weight is 478 g/mol. The predicted octanol–water partition coefficient (Wildman–Crippen LogP) is 4.05. The first-order valence-electron chi connectivity index (χ1n) is 10.7. The van der Waals surface area contributed by atoms with Gasteiger partial charge >= 0.3 is 6.18 Å². The van der Waals surface area contributed by atoms with Crippen molar-refractivity contribution in [2.24, 2.45) is 11.7 Å². The zero-order valence-corrected chi connectivity index (χ0v) is 18.5. The van der Waals surface area contributed by atoms with Crippen LogP contribution in [0.15, 0.2) is 42.5 Å². The molecule has 0 spiro atoms. The Kier molecular flexibility index (Phi) is 7.43. The molecule has 182 valence electrons. The minimum absolute atomic E-state index is 0.00369. The molecule has 2 aromatic rings. The summed E-state index contributed by atoms with van der Waals surface area (Å²) in [4.78, 5) is 38.4. The highest BCUT2D eigenvalue weighted by Crippen LogP contribution is 2.38. The number of benzene rings is 2. The second kappa shape index (κ2) is 10.1. The quantitative estimate of drug-likeness (QED) is 0.477. The number of alkyl halides is 3. The van der Waals surface area contributed by atoms with Gasteiger partial charge in [-0.05, 0) is 49.6 Å². The van der Waals surface area contributed by atoms with E-state index in [-0.39, 0.29) is 37.6 Å². The lowest BCUT2D eigenvalue weighted by atomic mass is 9.94. The summed E-state index contributed by atoms with van der Waals surface area (Å²) < 4.78 is 39.0. The minimum Gasteiger partial charge on any atom is -0.370 e. The Morgan fingerprint density at radius 3 is 2.41 bits per heavy atom. The van der Waals surface area contributed by atoms with Crippen LogP contribution in [0.2, 0.25) is 0 Å². The number of carbonyl (C=O) groups excluding carboxylic acids is 2.